The number of hydrogen-bond acceptors (Lipinski definition) is 12. The molecule has 0 amide bonds. The maximum atomic E-state index is 10.2. The van der Waals surface area contributed by atoms with E-state index in [1.807, 2.05) is 24.3 Å². The van der Waals surface area contributed by atoms with Crippen molar-refractivity contribution in [1.29, 1.82) is 0 Å². The first-order chi connectivity index (χ1) is 16.3. The summed E-state index contributed by atoms with van der Waals surface area (Å²) in [5.41, 5.74) is 2.49. The van der Waals surface area contributed by atoms with Gasteiger partial charge in [-0.1, -0.05) is 24.3 Å². The van der Waals surface area contributed by atoms with E-state index >= 15 is 0 Å². The smallest absolute Gasteiger partial charge is 0.550 e. The van der Waals surface area contributed by atoms with Gasteiger partial charge in [-0.3, -0.25) is 0 Å². The standard InChI is InChI=1S/2C11H9NO4S.Ca/c2*13-9(14)5-6-10(17)16-11-12-7-3-1-2-4-8(7)15-11;/h2*1-4H,5-6H2,(H,13,14);/q;;+2/p-2. The van der Waals surface area contributed by atoms with Gasteiger partial charge in [0.25, 0.3) is 0 Å². The Kier molecular flexibility index (Phi) is 11.5. The summed E-state index contributed by atoms with van der Waals surface area (Å²) in [6.45, 7) is 0. The molecule has 0 bridgehead atoms. The van der Waals surface area contributed by atoms with E-state index in [-0.39, 0.29) is 85.7 Å². The summed E-state index contributed by atoms with van der Waals surface area (Å²) < 4.78 is 20.7. The quantitative estimate of drug-likeness (QED) is 0.236. The van der Waals surface area contributed by atoms with Crippen molar-refractivity contribution in [1.82, 2.24) is 9.97 Å². The fourth-order valence-corrected chi connectivity index (χ4v) is 2.84. The number of rotatable bonds is 8. The molecule has 0 fully saturated rings. The van der Waals surface area contributed by atoms with E-state index in [1.54, 1.807) is 24.3 Å². The summed E-state index contributed by atoms with van der Waals surface area (Å²) in [6, 6.07) is 14.3. The molecule has 2 heterocycles. The first-order valence-electron chi connectivity index (χ1n) is 9.82. The number of oxazole rings is 2. The molecule has 0 saturated heterocycles. The number of ether oxygens (including phenoxy) is 2. The zero-order chi connectivity index (χ0) is 24.5. The molecule has 13 heteroatoms. The Balaban J connectivity index is 0.000000240. The van der Waals surface area contributed by atoms with Gasteiger partial charge in [0.15, 0.2) is 21.3 Å². The van der Waals surface area contributed by atoms with Gasteiger partial charge in [-0.2, -0.15) is 9.97 Å². The molecule has 0 aliphatic carbocycles. The van der Waals surface area contributed by atoms with Crippen LogP contribution in [-0.2, 0) is 9.59 Å². The number of carbonyl (C=O) groups excluding carboxylic acids is 2. The second-order valence-corrected chi connectivity index (χ2v) is 7.50. The van der Waals surface area contributed by atoms with Crippen LogP contribution in [0.15, 0.2) is 57.4 Å². The largest absolute Gasteiger partial charge is 2.00 e. The predicted molar refractivity (Wildman–Crippen MR) is 129 cm³/mol. The maximum Gasteiger partial charge on any atom is 2.00 e. The van der Waals surface area contributed by atoms with Crippen molar-refractivity contribution in [3.63, 3.8) is 0 Å². The summed E-state index contributed by atoms with van der Waals surface area (Å²) in [5.74, 6) is -2.35. The Bertz CT molecular complexity index is 1170. The average molecular weight is 541 g/mol. The van der Waals surface area contributed by atoms with Gasteiger partial charge in [0.05, 0.1) is 0 Å². The van der Waals surface area contributed by atoms with Crippen LogP contribution in [0.3, 0.4) is 0 Å². The minimum Gasteiger partial charge on any atom is -0.550 e. The van der Waals surface area contributed by atoms with Gasteiger partial charge in [-0.15, -0.1) is 0 Å². The molecule has 0 unspecified atom stereocenters. The third-order valence-electron chi connectivity index (χ3n) is 4.02. The Labute approximate surface area is 239 Å². The number of para-hydroxylation sites is 4. The van der Waals surface area contributed by atoms with E-state index in [2.05, 4.69) is 9.97 Å². The fraction of sp³-hybridized carbons (Fsp3) is 0.182. The number of benzene rings is 2. The van der Waals surface area contributed by atoms with Crippen LogP contribution in [0.25, 0.3) is 22.2 Å². The molecule has 0 N–H and O–H groups in total. The third kappa shape index (κ3) is 9.49. The van der Waals surface area contributed by atoms with Crippen molar-refractivity contribution in [2.75, 3.05) is 0 Å². The van der Waals surface area contributed by atoms with Crippen molar-refractivity contribution in [2.45, 2.75) is 25.7 Å². The SMILES string of the molecule is O=C([O-])CCC(=S)Oc1nc2ccccc2o1.O=C([O-])CCC(=S)Oc1nc2ccccc2o1.[Ca+2]. The monoisotopic (exact) mass is 540 g/mol. The van der Waals surface area contributed by atoms with Crippen molar-refractivity contribution in [3.05, 3.63) is 48.5 Å². The molecular weight excluding hydrogens is 524 g/mol. The topological polar surface area (TPSA) is 151 Å². The number of carbonyl (C=O) groups is 2. The van der Waals surface area contributed by atoms with Crippen molar-refractivity contribution >= 4 is 106 Å². The van der Waals surface area contributed by atoms with Crippen LogP contribution >= 0.6 is 24.4 Å². The molecule has 4 rings (SSSR count). The van der Waals surface area contributed by atoms with Gasteiger partial charge in [-0.05, 0) is 61.5 Å². The average Bonchev–Trinajstić information content (AvgIpc) is 3.39. The van der Waals surface area contributed by atoms with Crippen LogP contribution in [0, 0.1) is 0 Å². The van der Waals surface area contributed by atoms with Crippen molar-refractivity contribution in [2.24, 2.45) is 0 Å². The van der Waals surface area contributed by atoms with Crippen molar-refractivity contribution in [3.8, 4) is 12.2 Å². The van der Waals surface area contributed by atoms with Gasteiger partial charge in [0, 0.05) is 24.8 Å². The van der Waals surface area contributed by atoms with Crippen LogP contribution in [0.2, 0.25) is 0 Å². The number of hydrogen-bond donors (Lipinski definition) is 0. The number of aromatic nitrogens is 2. The Morgan fingerprint density at radius 2 is 1.09 bits per heavy atom. The number of nitrogens with zero attached hydrogens (tertiary/aromatic N) is 2. The van der Waals surface area contributed by atoms with E-state index in [4.69, 9.17) is 42.7 Å². The van der Waals surface area contributed by atoms with E-state index in [1.165, 1.54) is 0 Å². The van der Waals surface area contributed by atoms with E-state index in [0.29, 0.717) is 22.2 Å². The van der Waals surface area contributed by atoms with Crippen LogP contribution in [-0.4, -0.2) is 69.7 Å². The summed E-state index contributed by atoms with van der Waals surface area (Å²) in [5, 5.41) is 20.7. The molecule has 0 radical (unpaired) electrons. The van der Waals surface area contributed by atoms with Crippen LogP contribution in [0.4, 0.5) is 0 Å². The molecule has 176 valence electrons. The molecule has 2 aromatic heterocycles. The first kappa shape index (κ1) is 28.6. The van der Waals surface area contributed by atoms with Crippen LogP contribution in [0.5, 0.6) is 12.2 Å². The molecule has 0 spiro atoms. The van der Waals surface area contributed by atoms with E-state index in [0.717, 1.165) is 0 Å². The minimum atomic E-state index is -1.17. The van der Waals surface area contributed by atoms with E-state index < -0.39 is 11.9 Å². The summed E-state index contributed by atoms with van der Waals surface area (Å²) in [7, 11) is 0. The third-order valence-corrected chi connectivity index (χ3v) is 4.59. The van der Waals surface area contributed by atoms with Crippen LogP contribution < -0.4 is 19.7 Å². The number of carboxylic acids is 2. The molecule has 0 aliphatic rings. The molecule has 0 saturated carbocycles. The molecule has 0 aliphatic heterocycles. The van der Waals surface area contributed by atoms with Gasteiger partial charge in [-0.25, -0.2) is 0 Å². The Hall–Kier alpha value is -2.64. The molecule has 0 atom stereocenters. The molecule has 35 heavy (non-hydrogen) atoms. The Morgan fingerprint density at radius 1 is 0.714 bits per heavy atom. The summed E-state index contributed by atoms with van der Waals surface area (Å²) in [6.07, 6.45) is -0.130. The van der Waals surface area contributed by atoms with Gasteiger partial charge in [0.2, 0.25) is 0 Å². The normalized spacial score (nSPS) is 10.1. The Morgan fingerprint density at radius 3 is 1.43 bits per heavy atom. The first-order valence-corrected chi connectivity index (χ1v) is 10.6. The van der Waals surface area contributed by atoms with Crippen LogP contribution in [0.1, 0.15) is 25.7 Å². The predicted octanol–water partition coefficient (Wildman–Crippen LogP) is 1.75. The molecular formula is C22H16CaN2O8S2. The second kappa shape index (κ2) is 14.0. The molecule has 4 aromatic rings. The zero-order valence-electron chi connectivity index (χ0n) is 18.1. The number of thiocarbonyl (C=S) groups is 2. The molecule has 2 aromatic carbocycles. The summed E-state index contributed by atoms with van der Waals surface area (Å²) in [4.78, 5) is 28.5. The zero-order valence-corrected chi connectivity index (χ0v) is 22.0. The van der Waals surface area contributed by atoms with E-state index in [9.17, 15) is 19.8 Å². The number of fused-ring (bicyclic) bond motifs is 2. The second-order valence-electron chi connectivity index (χ2n) is 6.59. The van der Waals surface area contributed by atoms with Gasteiger partial charge >= 0.3 is 49.9 Å². The maximum absolute atomic E-state index is 10.2. The number of carboxylic acid groups (broad SMARTS) is 2. The van der Waals surface area contributed by atoms with Gasteiger partial charge in [0.1, 0.15) is 11.0 Å². The number of aliphatic carboxylic acids is 2. The fourth-order valence-electron chi connectivity index (χ4n) is 2.49. The minimum absolute atomic E-state index is 0. The summed E-state index contributed by atoms with van der Waals surface area (Å²) >= 11 is 9.69. The van der Waals surface area contributed by atoms with Gasteiger partial charge < -0.3 is 38.1 Å². The van der Waals surface area contributed by atoms with Crippen molar-refractivity contribution < 1.29 is 38.1 Å². The molecule has 10 nitrogen and oxygen atoms in total.